The molecular weight excluding hydrogens is 187 g/mol. The van der Waals surface area contributed by atoms with Gasteiger partial charge in [-0.3, -0.25) is 0 Å². The first-order valence-corrected chi connectivity index (χ1v) is 2.35. The van der Waals surface area contributed by atoms with E-state index in [-0.39, 0.29) is 118 Å². The molecule has 9 heavy (non-hydrogen) atoms. The average molecular weight is 194 g/mol. The van der Waals surface area contributed by atoms with Gasteiger partial charge in [-0.1, -0.05) is 0 Å². The third-order valence-electron chi connectivity index (χ3n) is 0. The zero-order valence-corrected chi connectivity index (χ0v) is 3.09. The Kier molecular flexibility index (Phi) is 47.5. The Bertz CT molecular complexity index is 58.7. The summed E-state index contributed by atoms with van der Waals surface area (Å²) in [5.74, 6) is 0. The van der Waals surface area contributed by atoms with Crippen LogP contribution in [0.1, 0.15) is 0 Å². The van der Waals surface area contributed by atoms with Crippen molar-refractivity contribution in [3.05, 3.63) is 0 Å². The van der Waals surface area contributed by atoms with Crippen molar-refractivity contribution in [1.29, 1.82) is 0 Å². The third kappa shape index (κ3) is 73.3. The molecule has 0 heterocycles. The van der Waals surface area contributed by atoms with Gasteiger partial charge in [0.25, 0.3) is 0 Å². The van der Waals surface area contributed by atoms with Gasteiger partial charge in [0, 0.05) is 0 Å². The summed E-state index contributed by atoms with van der Waals surface area (Å²) in [6.45, 7) is 0. The van der Waals surface area contributed by atoms with E-state index in [1.165, 1.54) is 0 Å². The monoisotopic (exact) mass is 194 g/mol. The van der Waals surface area contributed by atoms with Crippen LogP contribution in [-0.4, -0.2) is 133 Å². The Morgan fingerprint density at radius 3 is 0.778 bits per heavy atom. The number of phosphoric acid groups is 1. The van der Waals surface area contributed by atoms with Crippen LogP contribution in [0.4, 0.5) is 0 Å². The molecule has 0 aromatic carbocycles. The summed E-state index contributed by atoms with van der Waals surface area (Å²) in [7, 11) is -4.64. The average Bonchev–Trinajstić information content (AvgIpc) is 0.722. The van der Waals surface area contributed by atoms with Gasteiger partial charge in [-0.15, -0.1) is 0 Å². The van der Waals surface area contributed by atoms with Crippen LogP contribution in [0.25, 0.3) is 0 Å². The van der Waals surface area contributed by atoms with E-state index in [0.717, 1.165) is 0 Å². The fourth-order valence-corrected chi connectivity index (χ4v) is 0. The maximum atomic E-state index is 8.88. The Balaban J connectivity index is -0.0000000133. The zero-order valence-electron chi connectivity index (χ0n) is 2.20. The molecule has 0 radical (unpaired) electrons. The van der Waals surface area contributed by atoms with Gasteiger partial charge in [0.05, 0.1) is 0 Å². The van der Waals surface area contributed by atoms with Crippen LogP contribution in [0.5, 0.6) is 0 Å². The van der Waals surface area contributed by atoms with Crippen molar-refractivity contribution in [3.8, 4) is 0 Å². The van der Waals surface area contributed by atoms with Crippen molar-refractivity contribution in [3.63, 3.8) is 0 Å². The van der Waals surface area contributed by atoms with Crippen LogP contribution >= 0.6 is 7.82 Å². The molecule has 3 N–H and O–H groups in total. The Morgan fingerprint density at radius 2 is 0.778 bits per heavy atom. The molecule has 0 bridgehead atoms. The normalized spacial score (nSPS) is 6.56. The first kappa shape index (κ1) is 29.2. The maximum absolute atomic E-state index is 8.88. The summed E-state index contributed by atoms with van der Waals surface area (Å²) in [4.78, 5) is 21.6. The second kappa shape index (κ2) is 14.6. The summed E-state index contributed by atoms with van der Waals surface area (Å²) in [6, 6.07) is 0. The summed E-state index contributed by atoms with van der Waals surface area (Å²) in [5.41, 5.74) is 0. The van der Waals surface area contributed by atoms with Gasteiger partial charge < -0.3 is 14.7 Å². The molecule has 0 aromatic rings. The van der Waals surface area contributed by atoms with Crippen molar-refractivity contribution >= 4 is 126 Å². The SMILES string of the molecule is O=P(O)(O)O.[NaH].[NaH].[NaH].[NaH]. The van der Waals surface area contributed by atoms with Crippen LogP contribution in [0.2, 0.25) is 0 Å². The predicted molar refractivity (Wildman–Crippen MR) is 42.9 cm³/mol. The van der Waals surface area contributed by atoms with Gasteiger partial charge in [-0.05, 0) is 0 Å². The second-order valence-corrected chi connectivity index (χ2v) is 1.54. The minimum absolute atomic E-state index is 0. The molecule has 0 amide bonds. The van der Waals surface area contributed by atoms with Crippen LogP contribution in [0, 0.1) is 0 Å². The van der Waals surface area contributed by atoms with E-state index in [4.69, 9.17) is 19.2 Å². The molecule has 9 heteroatoms. The molecule has 40 valence electrons. The van der Waals surface area contributed by atoms with E-state index in [1.807, 2.05) is 0 Å². The Labute approximate surface area is 142 Å². The molecule has 0 saturated heterocycles. The summed E-state index contributed by atoms with van der Waals surface area (Å²) in [5, 5.41) is 0. The second-order valence-electron chi connectivity index (χ2n) is 0.513. The first-order chi connectivity index (χ1) is 2.00. The molecule has 0 rings (SSSR count). The van der Waals surface area contributed by atoms with Crippen molar-refractivity contribution in [2.24, 2.45) is 0 Å². The van der Waals surface area contributed by atoms with Gasteiger partial charge in [-0.25, -0.2) is 4.57 Å². The number of hydrogen-bond donors (Lipinski definition) is 3. The van der Waals surface area contributed by atoms with Gasteiger partial charge in [0.2, 0.25) is 0 Å². The van der Waals surface area contributed by atoms with Crippen LogP contribution < -0.4 is 0 Å². The molecule has 0 spiro atoms. The molecule has 0 unspecified atom stereocenters. The van der Waals surface area contributed by atoms with E-state index >= 15 is 0 Å². The van der Waals surface area contributed by atoms with Crippen molar-refractivity contribution in [2.75, 3.05) is 0 Å². The van der Waals surface area contributed by atoms with Crippen molar-refractivity contribution in [2.45, 2.75) is 0 Å². The van der Waals surface area contributed by atoms with Crippen LogP contribution in [0.15, 0.2) is 0 Å². The topological polar surface area (TPSA) is 77.8 Å². The van der Waals surface area contributed by atoms with Gasteiger partial charge >= 0.3 is 126 Å². The summed E-state index contributed by atoms with van der Waals surface area (Å²) < 4.78 is 8.88. The molecule has 0 aliphatic rings. The first-order valence-electron chi connectivity index (χ1n) is 0.783. The molecule has 0 aliphatic heterocycles. The van der Waals surface area contributed by atoms with E-state index in [9.17, 15) is 0 Å². The number of hydrogen-bond acceptors (Lipinski definition) is 1. The molecule has 0 aliphatic carbocycles. The molecule has 0 saturated carbocycles. The van der Waals surface area contributed by atoms with E-state index < -0.39 is 7.82 Å². The van der Waals surface area contributed by atoms with Crippen LogP contribution in [-0.2, 0) is 4.57 Å². The number of rotatable bonds is 0. The molecular formula is H7Na4O4P. The van der Waals surface area contributed by atoms with Crippen LogP contribution in [0.3, 0.4) is 0 Å². The van der Waals surface area contributed by atoms with Gasteiger partial charge in [0.1, 0.15) is 0 Å². The van der Waals surface area contributed by atoms with Crippen molar-refractivity contribution < 1.29 is 19.2 Å². The summed E-state index contributed by atoms with van der Waals surface area (Å²) in [6.07, 6.45) is 0. The Hall–Kier alpha value is 4.11. The quantitative estimate of drug-likeness (QED) is 0.276. The Morgan fingerprint density at radius 1 is 0.778 bits per heavy atom. The standard InChI is InChI=1S/4Na.H3O4P.4H/c;;;;1-5(2,3)4;;;;/h;;;;(H3,1,2,3,4);;;;. The molecule has 0 atom stereocenters. The zero-order chi connectivity index (χ0) is 4.50. The molecule has 0 fully saturated rings. The fourth-order valence-electron chi connectivity index (χ4n) is 0. The minimum atomic E-state index is -4.64. The molecule has 0 aromatic heterocycles. The van der Waals surface area contributed by atoms with Gasteiger partial charge in [0.15, 0.2) is 0 Å². The van der Waals surface area contributed by atoms with E-state index in [2.05, 4.69) is 0 Å². The fraction of sp³-hybridized carbons (Fsp3) is 0. The van der Waals surface area contributed by atoms with Gasteiger partial charge in [-0.2, -0.15) is 0 Å². The van der Waals surface area contributed by atoms with E-state index in [0.29, 0.717) is 0 Å². The summed E-state index contributed by atoms with van der Waals surface area (Å²) >= 11 is 0. The predicted octanol–water partition coefficient (Wildman–Crippen LogP) is -3.52. The molecule has 4 nitrogen and oxygen atoms in total. The third-order valence-corrected chi connectivity index (χ3v) is 0. The van der Waals surface area contributed by atoms with E-state index in [1.54, 1.807) is 0 Å². The van der Waals surface area contributed by atoms with Crippen molar-refractivity contribution in [1.82, 2.24) is 0 Å².